The van der Waals surface area contributed by atoms with Gasteiger partial charge in [-0.1, -0.05) is 35.9 Å². The van der Waals surface area contributed by atoms with Crippen LogP contribution in [0.1, 0.15) is 32.9 Å². The summed E-state index contributed by atoms with van der Waals surface area (Å²) in [5.74, 6) is -1.16. The smallest absolute Gasteiger partial charge is 0.418 e. The van der Waals surface area contributed by atoms with Crippen molar-refractivity contribution in [2.24, 2.45) is 5.73 Å². The molecule has 0 atom stereocenters. The number of aromatic nitrogens is 1. The van der Waals surface area contributed by atoms with E-state index in [1.165, 1.54) is 35.8 Å². The molecular weight excluding hydrogens is 405 g/mol. The maximum absolute atomic E-state index is 13.0. The molecule has 0 saturated carbocycles. The van der Waals surface area contributed by atoms with Gasteiger partial charge in [0.05, 0.1) is 16.8 Å². The molecule has 8 heteroatoms. The quantitative estimate of drug-likeness (QED) is 0.574. The number of para-hydroxylation sites is 1. The van der Waals surface area contributed by atoms with Crippen molar-refractivity contribution in [1.29, 1.82) is 0 Å². The molecule has 4 nitrogen and oxygen atoms in total. The zero-order valence-corrected chi connectivity index (χ0v) is 16.6. The number of nitrogens with zero attached hydrogens (tertiary/aromatic N) is 1. The molecule has 3 aromatic rings. The first-order valence-electron chi connectivity index (χ1n) is 8.59. The number of rotatable bonds is 3. The molecule has 0 aliphatic carbocycles. The SMILES string of the molecule is Cc1cc(C(=O)O)c(C)n1-c1ccccc1C(F)(F)F.NCc1cccc(Cl)c1. The molecule has 0 spiro atoms. The topological polar surface area (TPSA) is 68.2 Å². The Hall–Kier alpha value is -2.77. The lowest BCUT2D eigenvalue weighted by Crippen LogP contribution is -2.12. The molecule has 1 heterocycles. The van der Waals surface area contributed by atoms with Crippen LogP contribution in [0.15, 0.2) is 54.6 Å². The van der Waals surface area contributed by atoms with Gasteiger partial charge in [0, 0.05) is 23.0 Å². The summed E-state index contributed by atoms with van der Waals surface area (Å²) in [6.45, 7) is 3.62. The van der Waals surface area contributed by atoms with Crippen LogP contribution in [-0.2, 0) is 12.7 Å². The molecule has 0 saturated heterocycles. The van der Waals surface area contributed by atoms with Gasteiger partial charge in [-0.2, -0.15) is 13.2 Å². The predicted molar refractivity (Wildman–Crippen MR) is 107 cm³/mol. The fourth-order valence-corrected chi connectivity index (χ4v) is 3.14. The Morgan fingerprint density at radius 3 is 2.24 bits per heavy atom. The third kappa shape index (κ3) is 5.40. The molecule has 0 radical (unpaired) electrons. The largest absolute Gasteiger partial charge is 0.478 e. The third-order valence-corrected chi connectivity index (χ3v) is 4.47. The van der Waals surface area contributed by atoms with E-state index in [0.717, 1.165) is 16.7 Å². The van der Waals surface area contributed by atoms with Gasteiger partial charge < -0.3 is 15.4 Å². The fraction of sp³-hybridized carbons (Fsp3) is 0.190. The van der Waals surface area contributed by atoms with Crippen molar-refractivity contribution in [2.45, 2.75) is 26.6 Å². The number of alkyl halides is 3. The summed E-state index contributed by atoms with van der Waals surface area (Å²) in [5, 5.41) is 9.79. The molecule has 2 aromatic carbocycles. The third-order valence-electron chi connectivity index (χ3n) is 4.24. The van der Waals surface area contributed by atoms with E-state index in [1.807, 2.05) is 24.3 Å². The molecule has 0 unspecified atom stereocenters. The Morgan fingerprint density at radius 2 is 1.76 bits per heavy atom. The molecule has 0 bridgehead atoms. The zero-order valence-electron chi connectivity index (χ0n) is 15.8. The van der Waals surface area contributed by atoms with Crippen molar-refractivity contribution in [1.82, 2.24) is 4.57 Å². The molecule has 0 amide bonds. The molecular formula is C21H20ClF3N2O2. The van der Waals surface area contributed by atoms with Crippen molar-refractivity contribution in [3.8, 4) is 5.69 Å². The van der Waals surface area contributed by atoms with Gasteiger partial charge in [-0.15, -0.1) is 0 Å². The summed E-state index contributed by atoms with van der Waals surface area (Å²) < 4.78 is 40.4. The highest BCUT2D eigenvalue weighted by Crippen LogP contribution is 2.35. The van der Waals surface area contributed by atoms with Crippen LogP contribution in [-0.4, -0.2) is 15.6 Å². The van der Waals surface area contributed by atoms with Crippen LogP contribution in [0.2, 0.25) is 5.02 Å². The highest BCUT2D eigenvalue weighted by molar-refractivity contribution is 6.30. The van der Waals surface area contributed by atoms with Gasteiger partial charge in [0.1, 0.15) is 0 Å². The number of aryl methyl sites for hydroxylation is 1. The monoisotopic (exact) mass is 424 g/mol. The van der Waals surface area contributed by atoms with Gasteiger partial charge in [-0.05, 0) is 49.7 Å². The highest BCUT2D eigenvalue weighted by atomic mass is 35.5. The minimum atomic E-state index is -4.50. The van der Waals surface area contributed by atoms with E-state index >= 15 is 0 Å². The fourth-order valence-electron chi connectivity index (χ4n) is 2.92. The Bertz CT molecular complexity index is 1010. The number of hydrogen-bond acceptors (Lipinski definition) is 2. The Balaban J connectivity index is 0.000000278. The summed E-state index contributed by atoms with van der Waals surface area (Å²) in [6.07, 6.45) is -4.50. The first kappa shape index (κ1) is 22.5. The molecule has 0 aliphatic heterocycles. The predicted octanol–water partition coefficient (Wildman–Crippen LogP) is 5.61. The Kier molecular flexibility index (Phi) is 7.11. The second-order valence-corrected chi connectivity index (χ2v) is 6.71. The molecule has 154 valence electrons. The zero-order chi connectivity index (χ0) is 21.8. The summed E-state index contributed by atoms with van der Waals surface area (Å²) in [6, 6.07) is 14.0. The second kappa shape index (κ2) is 9.15. The number of halogens is 4. The van der Waals surface area contributed by atoms with E-state index in [2.05, 4.69) is 0 Å². The van der Waals surface area contributed by atoms with Crippen molar-refractivity contribution in [3.63, 3.8) is 0 Å². The minimum absolute atomic E-state index is 0.000484. The normalized spacial score (nSPS) is 11.0. The van der Waals surface area contributed by atoms with Gasteiger partial charge in [0.2, 0.25) is 0 Å². The Labute approximate surface area is 171 Å². The van der Waals surface area contributed by atoms with Gasteiger partial charge in [-0.25, -0.2) is 4.79 Å². The number of carbonyl (C=O) groups is 1. The van der Waals surface area contributed by atoms with E-state index in [1.54, 1.807) is 6.92 Å². The lowest BCUT2D eigenvalue weighted by Gasteiger charge is -2.16. The average molecular weight is 425 g/mol. The van der Waals surface area contributed by atoms with E-state index in [-0.39, 0.29) is 16.9 Å². The maximum atomic E-state index is 13.0. The first-order valence-corrected chi connectivity index (χ1v) is 8.97. The summed E-state index contributed by atoms with van der Waals surface area (Å²) >= 11 is 5.67. The maximum Gasteiger partial charge on any atom is 0.418 e. The van der Waals surface area contributed by atoms with Crippen LogP contribution in [0, 0.1) is 13.8 Å². The lowest BCUT2D eigenvalue weighted by molar-refractivity contribution is -0.137. The summed E-state index contributed by atoms with van der Waals surface area (Å²) in [4.78, 5) is 11.1. The number of carboxylic acid groups (broad SMARTS) is 1. The number of benzene rings is 2. The van der Waals surface area contributed by atoms with Crippen molar-refractivity contribution in [2.75, 3.05) is 0 Å². The minimum Gasteiger partial charge on any atom is -0.478 e. The van der Waals surface area contributed by atoms with Crippen molar-refractivity contribution in [3.05, 3.63) is 87.7 Å². The van der Waals surface area contributed by atoms with Crippen molar-refractivity contribution >= 4 is 17.6 Å². The van der Waals surface area contributed by atoms with Gasteiger partial charge in [0.15, 0.2) is 0 Å². The average Bonchev–Trinajstić information content (AvgIpc) is 2.96. The second-order valence-electron chi connectivity index (χ2n) is 6.27. The molecule has 29 heavy (non-hydrogen) atoms. The van der Waals surface area contributed by atoms with E-state index in [9.17, 15) is 18.0 Å². The van der Waals surface area contributed by atoms with E-state index in [4.69, 9.17) is 22.4 Å². The number of hydrogen-bond donors (Lipinski definition) is 2. The first-order chi connectivity index (χ1) is 13.6. The molecule has 3 N–H and O–H groups in total. The molecule has 3 rings (SSSR count). The van der Waals surface area contributed by atoms with Crippen molar-refractivity contribution < 1.29 is 23.1 Å². The summed E-state index contributed by atoms with van der Waals surface area (Å²) in [7, 11) is 0. The van der Waals surface area contributed by atoms with Gasteiger partial charge >= 0.3 is 12.1 Å². The summed E-state index contributed by atoms with van der Waals surface area (Å²) in [5.41, 5.74) is 6.28. The lowest BCUT2D eigenvalue weighted by atomic mass is 10.1. The van der Waals surface area contributed by atoms with E-state index in [0.29, 0.717) is 12.2 Å². The van der Waals surface area contributed by atoms with Crippen LogP contribution in [0.5, 0.6) is 0 Å². The molecule has 0 aliphatic rings. The van der Waals surface area contributed by atoms with Crippen LogP contribution >= 0.6 is 11.6 Å². The standard InChI is InChI=1S/C14H12F3NO2.C7H8ClN/c1-8-7-10(13(19)20)9(2)18(8)12-6-4-3-5-11(12)14(15,16)17;8-7-3-1-2-6(4-7)5-9/h3-7H,1-2H3,(H,19,20);1-4H,5,9H2. The number of aromatic carboxylic acids is 1. The van der Waals surface area contributed by atoms with Gasteiger partial charge in [0.25, 0.3) is 0 Å². The molecule has 0 fully saturated rings. The number of nitrogens with two attached hydrogens (primary N) is 1. The Morgan fingerprint density at radius 1 is 1.10 bits per heavy atom. The number of carboxylic acids is 1. The van der Waals surface area contributed by atoms with E-state index < -0.39 is 17.7 Å². The van der Waals surface area contributed by atoms with Crippen LogP contribution in [0.4, 0.5) is 13.2 Å². The van der Waals surface area contributed by atoms with Crippen LogP contribution in [0.3, 0.4) is 0 Å². The van der Waals surface area contributed by atoms with Crippen LogP contribution < -0.4 is 5.73 Å². The van der Waals surface area contributed by atoms with Gasteiger partial charge in [-0.3, -0.25) is 0 Å². The highest BCUT2D eigenvalue weighted by Gasteiger charge is 2.34. The van der Waals surface area contributed by atoms with Crippen LogP contribution in [0.25, 0.3) is 5.69 Å². The molecule has 1 aromatic heterocycles.